The Morgan fingerprint density at radius 2 is 1.86 bits per heavy atom. The van der Waals surface area contributed by atoms with Gasteiger partial charge >= 0.3 is 12.0 Å². The molecule has 0 fully saturated rings. The van der Waals surface area contributed by atoms with Crippen LogP contribution in [-0.4, -0.2) is 34.1 Å². The van der Waals surface area contributed by atoms with Gasteiger partial charge in [0.1, 0.15) is 0 Å². The van der Waals surface area contributed by atoms with Crippen molar-refractivity contribution >= 4 is 11.6 Å². The van der Waals surface area contributed by atoms with Crippen LogP contribution in [0.5, 0.6) is 12.0 Å². The Labute approximate surface area is 120 Å². The van der Waals surface area contributed by atoms with Gasteiger partial charge in [-0.1, -0.05) is 12.1 Å². The molecule has 0 bridgehead atoms. The van der Waals surface area contributed by atoms with Gasteiger partial charge in [0.15, 0.2) is 0 Å². The summed E-state index contributed by atoms with van der Waals surface area (Å²) in [6, 6.07) is 6.51. The number of non-ortho nitro benzene ring substituents is 1. The van der Waals surface area contributed by atoms with Crippen LogP contribution in [0.25, 0.3) is 0 Å². The molecule has 110 valence electrons. The molecular weight excluding hydrogens is 278 g/mol. The molecule has 21 heavy (non-hydrogen) atoms. The van der Waals surface area contributed by atoms with Crippen LogP contribution in [-0.2, 0) is 6.54 Å². The van der Waals surface area contributed by atoms with Crippen LogP contribution >= 0.6 is 0 Å². The van der Waals surface area contributed by atoms with E-state index in [0.717, 1.165) is 5.56 Å². The van der Waals surface area contributed by atoms with E-state index in [9.17, 15) is 10.1 Å². The Morgan fingerprint density at radius 3 is 2.43 bits per heavy atom. The molecule has 9 heteroatoms. The normalized spacial score (nSPS) is 10.0. The van der Waals surface area contributed by atoms with Crippen LogP contribution in [0.2, 0.25) is 0 Å². The highest BCUT2D eigenvalue weighted by Gasteiger charge is 2.08. The number of anilines is 1. The van der Waals surface area contributed by atoms with Gasteiger partial charge < -0.3 is 14.8 Å². The number of nitro groups is 1. The molecule has 0 atom stereocenters. The molecule has 1 aromatic carbocycles. The fraction of sp³-hybridized carbons (Fsp3) is 0.250. The van der Waals surface area contributed by atoms with Crippen LogP contribution < -0.4 is 14.8 Å². The lowest BCUT2D eigenvalue weighted by atomic mass is 10.2. The van der Waals surface area contributed by atoms with Gasteiger partial charge in [-0.25, -0.2) is 0 Å². The minimum atomic E-state index is -0.446. The minimum absolute atomic E-state index is 0.0279. The first-order chi connectivity index (χ1) is 10.1. The van der Waals surface area contributed by atoms with Gasteiger partial charge in [-0.2, -0.15) is 9.97 Å². The van der Waals surface area contributed by atoms with Crippen molar-refractivity contribution in [3.05, 3.63) is 39.9 Å². The van der Waals surface area contributed by atoms with E-state index in [-0.39, 0.29) is 23.7 Å². The molecule has 2 rings (SSSR count). The van der Waals surface area contributed by atoms with Crippen LogP contribution in [0, 0.1) is 10.1 Å². The minimum Gasteiger partial charge on any atom is -0.467 e. The summed E-state index contributed by atoms with van der Waals surface area (Å²) < 4.78 is 9.86. The number of methoxy groups -OCH3 is 2. The molecule has 0 unspecified atom stereocenters. The van der Waals surface area contributed by atoms with E-state index < -0.39 is 4.92 Å². The number of nitrogens with zero attached hydrogens (tertiary/aromatic N) is 4. The summed E-state index contributed by atoms with van der Waals surface area (Å²) in [6.45, 7) is 0.317. The molecule has 0 saturated carbocycles. The predicted octanol–water partition coefficient (Wildman–Crippen LogP) is 1.41. The van der Waals surface area contributed by atoms with Gasteiger partial charge in [0, 0.05) is 18.7 Å². The molecule has 2 aromatic rings. The summed E-state index contributed by atoms with van der Waals surface area (Å²) in [5.74, 6) is 0.255. The van der Waals surface area contributed by atoms with Crippen molar-refractivity contribution in [2.45, 2.75) is 6.54 Å². The van der Waals surface area contributed by atoms with E-state index >= 15 is 0 Å². The smallest absolute Gasteiger partial charge is 0.324 e. The highest BCUT2D eigenvalue weighted by molar-refractivity contribution is 5.37. The Morgan fingerprint density at radius 1 is 1.19 bits per heavy atom. The summed E-state index contributed by atoms with van der Waals surface area (Å²) in [5.41, 5.74) is 0.752. The summed E-state index contributed by atoms with van der Waals surface area (Å²) >= 11 is 0. The van der Waals surface area contributed by atoms with Gasteiger partial charge in [0.2, 0.25) is 5.95 Å². The van der Waals surface area contributed by atoms with E-state index in [0.29, 0.717) is 6.54 Å². The number of nitro benzene ring substituents is 1. The zero-order valence-corrected chi connectivity index (χ0v) is 11.4. The van der Waals surface area contributed by atoms with Crippen LogP contribution in [0.1, 0.15) is 5.56 Å². The molecule has 0 aliphatic carbocycles. The zero-order valence-electron chi connectivity index (χ0n) is 11.4. The fourth-order valence-electron chi connectivity index (χ4n) is 1.56. The van der Waals surface area contributed by atoms with E-state index in [1.807, 2.05) is 0 Å². The van der Waals surface area contributed by atoms with Gasteiger partial charge in [0.25, 0.3) is 5.69 Å². The quantitative estimate of drug-likeness (QED) is 0.628. The van der Waals surface area contributed by atoms with Crippen molar-refractivity contribution in [2.24, 2.45) is 0 Å². The van der Waals surface area contributed by atoms with Crippen LogP contribution in [0.15, 0.2) is 24.3 Å². The fourth-order valence-corrected chi connectivity index (χ4v) is 1.56. The Bertz CT molecular complexity index is 627. The first-order valence-corrected chi connectivity index (χ1v) is 5.93. The second-order valence-corrected chi connectivity index (χ2v) is 3.91. The number of hydrogen-bond donors (Lipinski definition) is 1. The van der Waals surface area contributed by atoms with E-state index in [2.05, 4.69) is 20.3 Å². The van der Waals surface area contributed by atoms with E-state index in [1.54, 1.807) is 12.1 Å². The number of aromatic nitrogens is 3. The Balaban J connectivity index is 2.12. The summed E-state index contributed by atoms with van der Waals surface area (Å²) in [4.78, 5) is 22.1. The SMILES string of the molecule is COc1nc(NCc2cccc([N+](=O)[O-])c2)nc(OC)n1. The van der Waals surface area contributed by atoms with Gasteiger partial charge in [-0.3, -0.25) is 10.1 Å². The lowest BCUT2D eigenvalue weighted by molar-refractivity contribution is -0.384. The first kappa shape index (κ1) is 14.4. The number of hydrogen-bond acceptors (Lipinski definition) is 8. The molecule has 1 aromatic heterocycles. The molecule has 0 saturated heterocycles. The first-order valence-electron chi connectivity index (χ1n) is 5.93. The van der Waals surface area contributed by atoms with Crippen LogP contribution in [0.3, 0.4) is 0 Å². The number of rotatable bonds is 6. The lowest BCUT2D eigenvalue weighted by Gasteiger charge is -2.07. The summed E-state index contributed by atoms with van der Waals surface area (Å²) in [7, 11) is 2.86. The highest BCUT2D eigenvalue weighted by Crippen LogP contribution is 2.16. The molecule has 0 aliphatic heterocycles. The largest absolute Gasteiger partial charge is 0.467 e. The maximum atomic E-state index is 10.7. The average Bonchev–Trinajstić information content (AvgIpc) is 2.52. The van der Waals surface area contributed by atoms with Crippen molar-refractivity contribution in [3.8, 4) is 12.0 Å². The number of nitrogens with one attached hydrogen (secondary N) is 1. The zero-order chi connectivity index (χ0) is 15.2. The second-order valence-electron chi connectivity index (χ2n) is 3.91. The molecule has 0 spiro atoms. The van der Waals surface area contributed by atoms with Crippen molar-refractivity contribution in [1.29, 1.82) is 0 Å². The third kappa shape index (κ3) is 3.75. The molecule has 0 amide bonds. The second kappa shape index (κ2) is 6.46. The summed E-state index contributed by atoms with van der Waals surface area (Å²) in [6.07, 6.45) is 0. The third-order valence-corrected chi connectivity index (χ3v) is 2.53. The molecule has 1 heterocycles. The van der Waals surface area contributed by atoms with Gasteiger partial charge in [-0.15, -0.1) is 4.98 Å². The Kier molecular flexibility index (Phi) is 4.44. The molecule has 1 N–H and O–H groups in total. The maximum Gasteiger partial charge on any atom is 0.324 e. The third-order valence-electron chi connectivity index (χ3n) is 2.53. The number of benzene rings is 1. The van der Waals surface area contributed by atoms with E-state index in [4.69, 9.17) is 9.47 Å². The molecule has 0 aliphatic rings. The van der Waals surface area contributed by atoms with Crippen LogP contribution in [0.4, 0.5) is 11.6 Å². The van der Waals surface area contributed by atoms with Gasteiger partial charge in [0.05, 0.1) is 19.1 Å². The lowest BCUT2D eigenvalue weighted by Crippen LogP contribution is -2.07. The highest BCUT2D eigenvalue weighted by atomic mass is 16.6. The predicted molar refractivity (Wildman–Crippen MR) is 73.4 cm³/mol. The van der Waals surface area contributed by atoms with Gasteiger partial charge in [-0.05, 0) is 5.56 Å². The standard InChI is InChI=1S/C12H13N5O4/c1-20-11-14-10(15-12(16-11)21-2)13-7-8-4-3-5-9(6-8)17(18)19/h3-6H,7H2,1-2H3,(H,13,14,15,16). The van der Waals surface area contributed by atoms with Crippen molar-refractivity contribution in [3.63, 3.8) is 0 Å². The topological polar surface area (TPSA) is 112 Å². The maximum absolute atomic E-state index is 10.7. The monoisotopic (exact) mass is 291 g/mol. The van der Waals surface area contributed by atoms with Crippen molar-refractivity contribution in [1.82, 2.24) is 15.0 Å². The van der Waals surface area contributed by atoms with Crippen molar-refractivity contribution in [2.75, 3.05) is 19.5 Å². The molecule has 0 radical (unpaired) electrons. The van der Waals surface area contributed by atoms with E-state index in [1.165, 1.54) is 26.4 Å². The Hall–Kier alpha value is -2.97. The van der Waals surface area contributed by atoms with Crippen molar-refractivity contribution < 1.29 is 14.4 Å². The number of ether oxygens (including phenoxy) is 2. The molecule has 9 nitrogen and oxygen atoms in total. The molecular formula is C12H13N5O4. The summed E-state index contributed by atoms with van der Waals surface area (Å²) in [5, 5.41) is 13.6. The average molecular weight is 291 g/mol.